The van der Waals surface area contributed by atoms with Crippen molar-refractivity contribution in [1.82, 2.24) is 0 Å². The zero-order valence-electron chi connectivity index (χ0n) is 13.4. The van der Waals surface area contributed by atoms with Gasteiger partial charge in [-0.3, -0.25) is 0 Å². The quantitative estimate of drug-likeness (QED) is 0.742. The number of hydrogen-bond donors (Lipinski definition) is 1. The lowest BCUT2D eigenvalue weighted by Crippen LogP contribution is -1.98. The van der Waals surface area contributed by atoms with Crippen molar-refractivity contribution in [2.45, 2.75) is 45.6 Å². The van der Waals surface area contributed by atoms with E-state index in [1.807, 2.05) is 12.1 Å². The van der Waals surface area contributed by atoms with Gasteiger partial charge in [-0.15, -0.1) is 0 Å². The minimum atomic E-state index is -0.445. The van der Waals surface area contributed by atoms with E-state index in [9.17, 15) is 9.90 Å². The second kappa shape index (κ2) is 7.90. The number of aliphatic hydroxyl groups is 1. The minimum absolute atomic E-state index is 0.219. The van der Waals surface area contributed by atoms with E-state index in [4.69, 9.17) is 0 Å². The molecule has 0 saturated carbocycles. The first-order chi connectivity index (χ1) is 10.6. The monoisotopic (exact) mass is 296 g/mol. The van der Waals surface area contributed by atoms with Crippen molar-refractivity contribution in [3.05, 3.63) is 59.7 Å². The highest BCUT2D eigenvalue weighted by atomic mass is 16.3. The maximum absolute atomic E-state index is 10.9. The van der Waals surface area contributed by atoms with Crippen LogP contribution in [0.1, 0.15) is 49.8 Å². The summed E-state index contributed by atoms with van der Waals surface area (Å²) in [5.41, 5.74) is 4.54. The highest BCUT2D eigenvalue weighted by Crippen LogP contribution is 2.24. The lowest BCUT2D eigenvalue weighted by atomic mass is 9.98. The van der Waals surface area contributed by atoms with Crippen LogP contribution < -0.4 is 0 Å². The molecule has 0 spiro atoms. The Balaban J connectivity index is 1.93. The lowest BCUT2D eigenvalue weighted by Gasteiger charge is -2.11. The number of aliphatic hydroxyl groups excluding tert-OH is 1. The number of aryl methyl sites for hydroxylation is 1. The van der Waals surface area contributed by atoms with Gasteiger partial charge < -0.3 is 9.90 Å². The van der Waals surface area contributed by atoms with Crippen LogP contribution >= 0.6 is 0 Å². The Bertz CT molecular complexity index is 597. The number of carbonyl (C=O) groups excluding carboxylic acids is 1. The molecule has 0 fully saturated rings. The molecule has 1 unspecified atom stereocenters. The molecular weight excluding hydrogens is 272 g/mol. The second-order valence-electron chi connectivity index (χ2n) is 5.95. The van der Waals surface area contributed by atoms with Gasteiger partial charge in [-0.25, -0.2) is 0 Å². The predicted octanol–water partition coefficient (Wildman–Crippen LogP) is 4.84. The van der Waals surface area contributed by atoms with Crippen molar-refractivity contribution in [3.8, 4) is 11.1 Å². The number of benzene rings is 2. The molecule has 2 rings (SSSR count). The van der Waals surface area contributed by atoms with Crippen LogP contribution in [-0.2, 0) is 4.79 Å². The Morgan fingerprint density at radius 2 is 1.50 bits per heavy atom. The third kappa shape index (κ3) is 4.81. The fraction of sp³-hybridized carbons (Fsp3) is 0.350. The molecule has 1 N–H and O–H groups in total. The summed E-state index contributed by atoms with van der Waals surface area (Å²) in [7, 11) is 0. The number of unbranched alkanes of at least 4 members (excludes halogenated alkanes) is 1. The summed E-state index contributed by atoms with van der Waals surface area (Å²) in [5.74, 6) is 0.219. The normalized spacial score (nSPS) is 12.1. The zero-order chi connectivity index (χ0) is 15.9. The van der Waals surface area contributed by atoms with Gasteiger partial charge >= 0.3 is 0 Å². The predicted molar refractivity (Wildman–Crippen MR) is 90.7 cm³/mol. The summed E-state index contributed by atoms with van der Waals surface area (Å²) >= 11 is 0. The molecule has 0 heterocycles. The standard InChI is InChI=1S/C20H24O2/c1-15-7-9-17(10-8-15)18-11-13-19(14-12-18)20(22)6-4-3-5-16(2)21/h7-14,20,22H,3-6H2,1-2H3. The summed E-state index contributed by atoms with van der Waals surface area (Å²) in [6.07, 6.45) is 2.60. The smallest absolute Gasteiger partial charge is 0.129 e. The third-order valence-electron chi connectivity index (χ3n) is 3.94. The van der Waals surface area contributed by atoms with E-state index in [0.717, 1.165) is 24.0 Å². The zero-order valence-corrected chi connectivity index (χ0v) is 13.4. The first-order valence-corrected chi connectivity index (χ1v) is 7.91. The Morgan fingerprint density at radius 3 is 2.05 bits per heavy atom. The average molecular weight is 296 g/mol. The molecule has 0 aliphatic carbocycles. The van der Waals surface area contributed by atoms with Gasteiger partial charge in [0.2, 0.25) is 0 Å². The topological polar surface area (TPSA) is 37.3 Å². The molecule has 1 atom stereocenters. The van der Waals surface area contributed by atoms with Gasteiger partial charge in [0.25, 0.3) is 0 Å². The Kier molecular flexibility index (Phi) is 5.91. The number of Topliss-reactive ketones (excluding diaryl/α,β-unsaturated/α-hetero) is 1. The van der Waals surface area contributed by atoms with Gasteiger partial charge in [-0.1, -0.05) is 60.5 Å². The molecule has 0 saturated heterocycles. The molecule has 2 nitrogen and oxygen atoms in total. The fourth-order valence-corrected chi connectivity index (χ4v) is 2.52. The lowest BCUT2D eigenvalue weighted by molar-refractivity contribution is -0.117. The Labute approximate surface area is 132 Å². The molecule has 2 aromatic rings. The summed E-state index contributed by atoms with van der Waals surface area (Å²) in [6.45, 7) is 3.69. The molecule has 0 radical (unpaired) electrons. The first kappa shape index (κ1) is 16.4. The first-order valence-electron chi connectivity index (χ1n) is 7.91. The molecule has 22 heavy (non-hydrogen) atoms. The summed E-state index contributed by atoms with van der Waals surface area (Å²) in [6, 6.07) is 16.5. The van der Waals surface area contributed by atoms with Crippen LogP contribution in [0.15, 0.2) is 48.5 Å². The van der Waals surface area contributed by atoms with Crippen LogP contribution in [0.25, 0.3) is 11.1 Å². The third-order valence-corrected chi connectivity index (χ3v) is 3.94. The molecular formula is C20H24O2. The maximum atomic E-state index is 10.9. The molecule has 2 aromatic carbocycles. The summed E-state index contributed by atoms with van der Waals surface area (Å²) in [5, 5.41) is 10.2. The van der Waals surface area contributed by atoms with Crippen molar-refractivity contribution >= 4 is 5.78 Å². The minimum Gasteiger partial charge on any atom is -0.388 e. The van der Waals surface area contributed by atoms with Crippen molar-refractivity contribution in [1.29, 1.82) is 0 Å². The van der Waals surface area contributed by atoms with E-state index < -0.39 is 6.10 Å². The number of rotatable bonds is 7. The van der Waals surface area contributed by atoms with Crippen molar-refractivity contribution in [2.24, 2.45) is 0 Å². The number of carbonyl (C=O) groups is 1. The van der Waals surface area contributed by atoms with Crippen LogP contribution in [0.3, 0.4) is 0 Å². The van der Waals surface area contributed by atoms with E-state index in [-0.39, 0.29) is 5.78 Å². The molecule has 0 aliphatic heterocycles. The van der Waals surface area contributed by atoms with Crippen LogP contribution in [-0.4, -0.2) is 10.9 Å². The van der Waals surface area contributed by atoms with Crippen LogP contribution in [0, 0.1) is 6.92 Å². The van der Waals surface area contributed by atoms with Gasteiger partial charge in [0.05, 0.1) is 6.10 Å². The van der Waals surface area contributed by atoms with E-state index in [1.54, 1.807) is 6.92 Å². The molecule has 0 aromatic heterocycles. The average Bonchev–Trinajstić information content (AvgIpc) is 2.52. The number of hydrogen-bond acceptors (Lipinski definition) is 2. The van der Waals surface area contributed by atoms with Crippen LogP contribution in [0.4, 0.5) is 0 Å². The molecule has 2 heteroatoms. The largest absolute Gasteiger partial charge is 0.388 e. The summed E-state index contributed by atoms with van der Waals surface area (Å²) < 4.78 is 0. The SMILES string of the molecule is CC(=O)CCCCC(O)c1ccc(-c2ccc(C)cc2)cc1. The maximum Gasteiger partial charge on any atom is 0.129 e. The van der Waals surface area contributed by atoms with Crippen LogP contribution in [0.2, 0.25) is 0 Å². The Morgan fingerprint density at radius 1 is 0.955 bits per heavy atom. The molecule has 0 amide bonds. The van der Waals surface area contributed by atoms with Gasteiger partial charge in [-0.2, -0.15) is 0 Å². The molecule has 0 aliphatic rings. The highest BCUT2D eigenvalue weighted by Gasteiger charge is 2.08. The second-order valence-corrected chi connectivity index (χ2v) is 5.95. The Hall–Kier alpha value is -1.93. The fourth-order valence-electron chi connectivity index (χ4n) is 2.52. The highest BCUT2D eigenvalue weighted by molar-refractivity contribution is 5.75. The van der Waals surface area contributed by atoms with Crippen LogP contribution in [0.5, 0.6) is 0 Å². The van der Waals surface area contributed by atoms with Gasteiger partial charge in [0.15, 0.2) is 0 Å². The van der Waals surface area contributed by atoms with Gasteiger partial charge in [0, 0.05) is 6.42 Å². The van der Waals surface area contributed by atoms with E-state index >= 15 is 0 Å². The van der Waals surface area contributed by atoms with E-state index in [1.165, 1.54) is 11.1 Å². The van der Waals surface area contributed by atoms with Crippen molar-refractivity contribution in [3.63, 3.8) is 0 Å². The molecule has 0 bridgehead atoms. The molecule has 116 valence electrons. The summed E-state index contributed by atoms with van der Waals surface area (Å²) in [4.78, 5) is 10.9. The van der Waals surface area contributed by atoms with E-state index in [2.05, 4.69) is 43.3 Å². The van der Waals surface area contributed by atoms with Gasteiger partial charge in [-0.05, 0) is 43.4 Å². The number of ketones is 1. The van der Waals surface area contributed by atoms with Crippen molar-refractivity contribution < 1.29 is 9.90 Å². The van der Waals surface area contributed by atoms with Gasteiger partial charge in [0.1, 0.15) is 5.78 Å². The van der Waals surface area contributed by atoms with E-state index in [0.29, 0.717) is 12.8 Å². The van der Waals surface area contributed by atoms with Crippen molar-refractivity contribution in [2.75, 3.05) is 0 Å².